The first kappa shape index (κ1) is 14.9. The van der Waals surface area contributed by atoms with Gasteiger partial charge in [-0.3, -0.25) is 4.79 Å². The third kappa shape index (κ3) is 3.52. The van der Waals surface area contributed by atoms with E-state index in [9.17, 15) is 4.79 Å². The van der Waals surface area contributed by atoms with Gasteiger partial charge in [0.15, 0.2) is 11.5 Å². The zero-order valence-corrected chi connectivity index (χ0v) is 12.1. The number of ether oxygens (including phenoxy) is 2. The molecule has 0 bridgehead atoms. The van der Waals surface area contributed by atoms with Crippen LogP contribution in [0, 0.1) is 0 Å². The van der Waals surface area contributed by atoms with Crippen LogP contribution in [-0.2, 0) is 6.54 Å². The van der Waals surface area contributed by atoms with Gasteiger partial charge in [-0.25, -0.2) is 0 Å². The van der Waals surface area contributed by atoms with Crippen LogP contribution in [0.15, 0.2) is 42.5 Å². The molecule has 0 atom stereocenters. The number of rotatable bonds is 5. The van der Waals surface area contributed by atoms with Crippen LogP contribution in [0.2, 0.25) is 0 Å². The van der Waals surface area contributed by atoms with E-state index >= 15 is 0 Å². The van der Waals surface area contributed by atoms with E-state index < -0.39 is 0 Å². The van der Waals surface area contributed by atoms with Crippen molar-refractivity contribution in [2.45, 2.75) is 6.54 Å². The van der Waals surface area contributed by atoms with Gasteiger partial charge in [0.25, 0.3) is 5.91 Å². The fourth-order valence-electron chi connectivity index (χ4n) is 1.96. The lowest BCUT2D eigenvalue weighted by Crippen LogP contribution is -2.12. The maximum atomic E-state index is 12.2. The predicted molar refractivity (Wildman–Crippen MR) is 81.8 cm³/mol. The minimum absolute atomic E-state index is 0.217. The Hall–Kier alpha value is -2.53. The topological polar surface area (TPSA) is 73.6 Å². The summed E-state index contributed by atoms with van der Waals surface area (Å²) in [4.78, 5) is 12.2. The molecule has 0 aliphatic rings. The molecule has 0 unspecified atom stereocenters. The fourth-order valence-corrected chi connectivity index (χ4v) is 1.96. The molecule has 5 heteroatoms. The van der Waals surface area contributed by atoms with Crippen LogP contribution in [0.25, 0.3) is 0 Å². The lowest BCUT2D eigenvalue weighted by atomic mass is 10.1. The first-order chi connectivity index (χ1) is 10.2. The van der Waals surface area contributed by atoms with Crippen LogP contribution in [0.5, 0.6) is 11.5 Å². The van der Waals surface area contributed by atoms with E-state index in [1.165, 1.54) is 7.11 Å². The van der Waals surface area contributed by atoms with Crippen molar-refractivity contribution in [1.82, 2.24) is 0 Å². The van der Waals surface area contributed by atoms with Crippen molar-refractivity contribution in [1.29, 1.82) is 0 Å². The van der Waals surface area contributed by atoms with Gasteiger partial charge in [-0.1, -0.05) is 12.1 Å². The first-order valence-electron chi connectivity index (χ1n) is 6.50. The highest BCUT2D eigenvalue weighted by Gasteiger charge is 2.11. The lowest BCUT2D eigenvalue weighted by molar-refractivity contribution is 0.102. The molecule has 0 aromatic heterocycles. The van der Waals surface area contributed by atoms with Gasteiger partial charge in [0.2, 0.25) is 0 Å². The molecule has 0 saturated carbocycles. The Bertz CT molecular complexity index is 641. The largest absolute Gasteiger partial charge is 0.493 e. The molecule has 0 fully saturated rings. The smallest absolute Gasteiger partial charge is 0.255 e. The summed E-state index contributed by atoms with van der Waals surface area (Å²) < 4.78 is 10.3. The molecule has 0 radical (unpaired) electrons. The molecular formula is C16H18N2O3. The molecule has 2 aromatic rings. The molecule has 3 N–H and O–H groups in total. The van der Waals surface area contributed by atoms with Crippen molar-refractivity contribution in [3.8, 4) is 11.5 Å². The average Bonchev–Trinajstić information content (AvgIpc) is 2.54. The molecule has 0 saturated heterocycles. The van der Waals surface area contributed by atoms with Crippen LogP contribution in [0.1, 0.15) is 15.9 Å². The van der Waals surface area contributed by atoms with Crippen LogP contribution in [-0.4, -0.2) is 20.1 Å². The van der Waals surface area contributed by atoms with E-state index in [0.717, 1.165) is 5.56 Å². The van der Waals surface area contributed by atoms with Crippen molar-refractivity contribution >= 4 is 11.6 Å². The minimum Gasteiger partial charge on any atom is -0.493 e. The number of amides is 1. The van der Waals surface area contributed by atoms with Gasteiger partial charge in [0.05, 0.1) is 14.2 Å². The van der Waals surface area contributed by atoms with E-state index in [2.05, 4.69) is 5.32 Å². The number of methoxy groups -OCH3 is 2. The summed E-state index contributed by atoms with van der Waals surface area (Å²) in [5, 5.41) is 2.83. The molecule has 110 valence electrons. The molecule has 0 aliphatic heterocycles. The lowest BCUT2D eigenvalue weighted by Gasteiger charge is -2.10. The molecule has 2 rings (SSSR count). The third-order valence-corrected chi connectivity index (χ3v) is 3.07. The Labute approximate surface area is 123 Å². The van der Waals surface area contributed by atoms with Crippen LogP contribution in [0.3, 0.4) is 0 Å². The monoisotopic (exact) mass is 286 g/mol. The van der Waals surface area contributed by atoms with Crippen LogP contribution >= 0.6 is 0 Å². The average molecular weight is 286 g/mol. The summed E-state index contributed by atoms with van der Waals surface area (Å²) in [6.45, 7) is 0.431. The second-order valence-corrected chi connectivity index (χ2v) is 4.43. The fraction of sp³-hybridized carbons (Fsp3) is 0.188. The van der Waals surface area contributed by atoms with Crippen molar-refractivity contribution in [3.63, 3.8) is 0 Å². The molecule has 21 heavy (non-hydrogen) atoms. The number of carbonyl (C=O) groups excluding carboxylic acids is 1. The Balaban J connectivity index is 2.19. The minimum atomic E-state index is -0.217. The molecule has 1 amide bonds. The van der Waals surface area contributed by atoms with Gasteiger partial charge in [0.1, 0.15) is 0 Å². The van der Waals surface area contributed by atoms with Crippen molar-refractivity contribution in [3.05, 3.63) is 53.6 Å². The molecule has 0 heterocycles. The van der Waals surface area contributed by atoms with E-state index in [1.54, 1.807) is 25.3 Å². The molecule has 2 aromatic carbocycles. The summed E-state index contributed by atoms with van der Waals surface area (Å²) in [5.74, 6) is 0.880. The van der Waals surface area contributed by atoms with Gasteiger partial charge in [-0.05, 0) is 35.9 Å². The van der Waals surface area contributed by atoms with Gasteiger partial charge in [0, 0.05) is 17.8 Å². The molecule has 0 spiro atoms. The zero-order valence-electron chi connectivity index (χ0n) is 12.1. The number of benzene rings is 2. The maximum absolute atomic E-state index is 12.2. The van der Waals surface area contributed by atoms with Crippen molar-refractivity contribution < 1.29 is 14.3 Å². The maximum Gasteiger partial charge on any atom is 0.255 e. The summed E-state index contributed by atoms with van der Waals surface area (Å²) in [7, 11) is 3.08. The Kier molecular flexibility index (Phi) is 4.79. The van der Waals surface area contributed by atoms with E-state index in [4.69, 9.17) is 15.2 Å². The first-order valence-corrected chi connectivity index (χ1v) is 6.50. The number of hydrogen-bond donors (Lipinski definition) is 2. The normalized spacial score (nSPS) is 10.0. The van der Waals surface area contributed by atoms with Crippen LogP contribution in [0.4, 0.5) is 5.69 Å². The van der Waals surface area contributed by atoms with E-state index in [0.29, 0.717) is 29.3 Å². The quantitative estimate of drug-likeness (QED) is 0.885. The highest BCUT2D eigenvalue weighted by Crippen LogP contribution is 2.27. The highest BCUT2D eigenvalue weighted by molar-refractivity contribution is 6.04. The Morgan fingerprint density at radius 2 is 1.86 bits per heavy atom. The van der Waals surface area contributed by atoms with Gasteiger partial charge in [-0.2, -0.15) is 0 Å². The predicted octanol–water partition coefficient (Wildman–Crippen LogP) is 2.41. The standard InChI is InChI=1S/C16H18N2O3/c1-20-14-7-6-12(9-15(14)21-2)16(19)18-13-5-3-4-11(8-13)10-17/h3-9H,10,17H2,1-2H3,(H,18,19). The van der Waals surface area contributed by atoms with Crippen molar-refractivity contribution in [2.24, 2.45) is 5.73 Å². The molecule has 0 aliphatic carbocycles. The zero-order chi connectivity index (χ0) is 15.2. The third-order valence-electron chi connectivity index (χ3n) is 3.07. The number of nitrogens with one attached hydrogen (secondary N) is 1. The van der Waals surface area contributed by atoms with Crippen LogP contribution < -0.4 is 20.5 Å². The number of nitrogens with two attached hydrogens (primary N) is 1. The van der Waals surface area contributed by atoms with Crippen molar-refractivity contribution in [2.75, 3.05) is 19.5 Å². The molecule has 5 nitrogen and oxygen atoms in total. The second kappa shape index (κ2) is 6.76. The van der Waals surface area contributed by atoms with Gasteiger partial charge >= 0.3 is 0 Å². The number of hydrogen-bond acceptors (Lipinski definition) is 4. The second-order valence-electron chi connectivity index (χ2n) is 4.43. The summed E-state index contributed by atoms with van der Waals surface area (Å²) in [6.07, 6.45) is 0. The van der Waals surface area contributed by atoms with Gasteiger partial charge in [-0.15, -0.1) is 0 Å². The Morgan fingerprint density at radius 3 is 2.52 bits per heavy atom. The highest BCUT2D eigenvalue weighted by atomic mass is 16.5. The van der Waals surface area contributed by atoms with E-state index in [-0.39, 0.29) is 5.91 Å². The number of anilines is 1. The number of carbonyl (C=O) groups is 1. The SMILES string of the molecule is COc1ccc(C(=O)Nc2cccc(CN)c2)cc1OC. The summed E-state index contributed by atoms with van der Waals surface area (Å²) >= 11 is 0. The molecular weight excluding hydrogens is 268 g/mol. The van der Waals surface area contributed by atoms with E-state index in [1.807, 2.05) is 24.3 Å². The van der Waals surface area contributed by atoms with Gasteiger partial charge < -0.3 is 20.5 Å². The summed E-state index contributed by atoms with van der Waals surface area (Å²) in [6, 6.07) is 12.4. The summed E-state index contributed by atoms with van der Waals surface area (Å²) in [5.41, 5.74) is 7.74. The Morgan fingerprint density at radius 1 is 1.10 bits per heavy atom.